The number of aryl methyl sites for hydroxylation is 1. The lowest BCUT2D eigenvalue weighted by molar-refractivity contribution is -0.128. The molecule has 1 aromatic carbocycles. The molecule has 8 heteroatoms. The number of carbonyl (C=O) groups excluding carboxylic acids is 1. The minimum atomic E-state index is 0.168. The summed E-state index contributed by atoms with van der Waals surface area (Å²) in [6.45, 7) is 6.60. The maximum absolute atomic E-state index is 12.7. The Balaban J connectivity index is 1.23. The fourth-order valence-corrected chi connectivity index (χ4v) is 4.98. The highest BCUT2D eigenvalue weighted by Crippen LogP contribution is 2.17. The van der Waals surface area contributed by atoms with Crippen LogP contribution in [0.3, 0.4) is 0 Å². The number of aromatic nitrogens is 3. The molecule has 1 aliphatic heterocycles. The van der Waals surface area contributed by atoms with E-state index in [1.807, 2.05) is 11.0 Å². The summed E-state index contributed by atoms with van der Waals surface area (Å²) in [5.74, 6) is 1.39. The number of H-pyrrole nitrogens is 1. The number of carbonyl (C=O) groups is 1. The van der Waals surface area contributed by atoms with Gasteiger partial charge in [-0.3, -0.25) is 14.8 Å². The van der Waals surface area contributed by atoms with Crippen LogP contribution in [0.4, 0.5) is 0 Å². The molecule has 1 fully saturated rings. The first-order valence-corrected chi connectivity index (χ1v) is 12.1. The zero-order chi connectivity index (χ0) is 20.8. The van der Waals surface area contributed by atoms with Crippen molar-refractivity contribution in [1.29, 1.82) is 0 Å². The lowest BCUT2D eigenvalue weighted by atomic mass is 10.1. The Morgan fingerprint density at radius 1 is 1.17 bits per heavy atom. The summed E-state index contributed by atoms with van der Waals surface area (Å²) in [5, 5.41) is 9.94. The molecule has 4 rings (SSSR count). The van der Waals surface area contributed by atoms with Crippen molar-refractivity contribution >= 4 is 29.0 Å². The van der Waals surface area contributed by atoms with E-state index in [0.29, 0.717) is 10.9 Å². The van der Waals surface area contributed by atoms with E-state index in [1.54, 1.807) is 11.3 Å². The first-order valence-electron chi connectivity index (χ1n) is 10.3. The van der Waals surface area contributed by atoms with Crippen molar-refractivity contribution in [3.05, 3.63) is 63.6 Å². The summed E-state index contributed by atoms with van der Waals surface area (Å²) in [6.07, 6.45) is 1.76. The van der Waals surface area contributed by atoms with Gasteiger partial charge in [0.15, 0.2) is 0 Å². The second kappa shape index (κ2) is 10.2. The van der Waals surface area contributed by atoms with Gasteiger partial charge in [-0.2, -0.15) is 0 Å². The number of nitrogens with zero attached hydrogens (tertiary/aromatic N) is 4. The zero-order valence-electron chi connectivity index (χ0n) is 17.2. The van der Waals surface area contributed by atoms with Crippen molar-refractivity contribution in [3.63, 3.8) is 0 Å². The van der Waals surface area contributed by atoms with E-state index in [0.717, 1.165) is 51.4 Å². The zero-order valence-corrected chi connectivity index (χ0v) is 18.8. The van der Waals surface area contributed by atoms with E-state index in [2.05, 4.69) is 62.7 Å². The molecule has 30 heavy (non-hydrogen) atoms. The SMILES string of the molecule is Cc1ccc(CN2CCCN(C(=O)CSc3n[nH]c(Cc4cccs4)n3)CC2)cc1. The second-order valence-corrected chi connectivity index (χ2v) is 9.58. The molecule has 3 aromatic rings. The highest BCUT2D eigenvalue weighted by Gasteiger charge is 2.20. The Hall–Kier alpha value is -2.16. The molecule has 0 radical (unpaired) electrons. The molecular weight excluding hydrogens is 414 g/mol. The second-order valence-electron chi connectivity index (χ2n) is 7.61. The maximum Gasteiger partial charge on any atom is 0.233 e. The molecule has 3 heterocycles. The van der Waals surface area contributed by atoms with Gasteiger partial charge >= 0.3 is 0 Å². The molecule has 1 aliphatic rings. The summed E-state index contributed by atoms with van der Waals surface area (Å²) in [4.78, 5) is 22.9. The summed E-state index contributed by atoms with van der Waals surface area (Å²) < 4.78 is 0. The van der Waals surface area contributed by atoms with Crippen molar-refractivity contribution in [3.8, 4) is 0 Å². The van der Waals surface area contributed by atoms with Gasteiger partial charge in [0.2, 0.25) is 11.1 Å². The van der Waals surface area contributed by atoms with Crippen LogP contribution in [0.25, 0.3) is 0 Å². The summed E-state index contributed by atoms with van der Waals surface area (Å²) in [7, 11) is 0. The third-order valence-corrected chi connectivity index (χ3v) is 6.93. The van der Waals surface area contributed by atoms with Crippen molar-refractivity contribution in [1.82, 2.24) is 25.0 Å². The number of amides is 1. The average Bonchev–Trinajstić information content (AvgIpc) is 3.37. The smallest absolute Gasteiger partial charge is 0.233 e. The van der Waals surface area contributed by atoms with Crippen LogP contribution in [-0.2, 0) is 17.8 Å². The first-order chi connectivity index (χ1) is 14.7. The van der Waals surface area contributed by atoms with Gasteiger partial charge < -0.3 is 4.90 Å². The largest absolute Gasteiger partial charge is 0.341 e. The van der Waals surface area contributed by atoms with E-state index >= 15 is 0 Å². The molecule has 1 amide bonds. The van der Waals surface area contributed by atoms with Gasteiger partial charge in [-0.05, 0) is 30.4 Å². The van der Waals surface area contributed by atoms with Gasteiger partial charge in [0, 0.05) is 44.0 Å². The van der Waals surface area contributed by atoms with Gasteiger partial charge in [0.25, 0.3) is 0 Å². The molecule has 0 spiro atoms. The number of hydrogen-bond acceptors (Lipinski definition) is 6. The van der Waals surface area contributed by atoms with Crippen molar-refractivity contribution in [2.75, 3.05) is 31.9 Å². The van der Waals surface area contributed by atoms with Crippen LogP contribution in [0, 0.1) is 6.92 Å². The summed E-state index contributed by atoms with van der Waals surface area (Å²) >= 11 is 3.12. The predicted octanol–water partition coefficient (Wildman–Crippen LogP) is 3.59. The highest BCUT2D eigenvalue weighted by atomic mass is 32.2. The standard InChI is InChI=1S/C22H27N5OS2/c1-17-5-7-18(8-6-17)15-26-9-3-10-27(12-11-26)21(28)16-30-22-23-20(24-25-22)14-19-4-2-13-29-19/h2,4-8,13H,3,9-12,14-16H2,1H3,(H,23,24,25). The fraction of sp³-hybridized carbons (Fsp3) is 0.409. The molecule has 6 nitrogen and oxygen atoms in total. The molecular formula is C22H27N5OS2. The van der Waals surface area contributed by atoms with E-state index in [9.17, 15) is 4.79 Å². The third kappa shape index (κ3) is 5.93. The minimum absolute atomic E-state index is 0.168. The Morgan fingerprint density at radius 3 is 2.83 bits per heavy atom. The van der Waals surface area contributed by atoms with Crippen LogP contribution in [0.5, 0.6) is 0 Å². The monoisotopic (exact) mass is 441 g/mol. The Labute approximate surface area is 185 Å². The summed E-state index contributed by atoms with van der Waals surface area (Å²) in [5.41, 5.74) is 2.62. The van der Waals surface area contributed by atoms with Crippen LogP contribution < -0.4 is 0 Å². The average molecular weight is 442 g/mol. The van der Waals surface area contributed by atoms with Gasteiger partial charge in [0.05, 0.1) is 5.75 Å². The maximum atomic E-state index is 12.7. The topological polar surface area (TPSA) is 65.1 Å². The van der Waals surface area contributed by atoms with Gasteiger partial charge in [0.1, 0.15) is 5.82 Å². The van der Waals surface area contributed by atoms with Gasteiger partial charge in [-0.15, -0.1) is 16.4 Å². The van der Waals surface area contributed by atoms with E-state index < -0.39 is 0 Å². The molecule has 0 aliphatic carbocycles. The molecule has 2 aromatic heterocycles. The van der Waals surface area contributed by atoms with Crippen LogP contribution in [0.15, 0.2) is 46.9 Å². The number of benzene rings is 1. The van der Waals surface area contributed by atoms with Crippen LogP contribution in [0.1, 0.15) is 28.2 Å². The molecule has 0 bridgehead atoms. The number of rotatable bonds is 7. The van der Waals surface area contributed by atoms with Gasteiger partial charge in [-0.25, -0.2) is 4.98 Å². The lowest BCUT2D eigenvalue weighted by Crippen LogP contribution is -2.36. The molecule has 158 valence electrons. The van der Waals surface area contributed by atoms with E-state index in [-0.39, 0.29) is 5.91 Å². The van der Waals surface area contributed by atoms with Crippen molar-refractivity contribution in [2.45, 2.75) is 31.5 Å². The Kier molecular flexibility index (Phi) is 7.20. The number of hydrogen-bond donors (Lipinski definition) is 1. The molecule has 0 unspecified atom stereocenters. The van der Waals surface area contributed by atoms with Crippen LogP contribution in [-0.4, -0.2) is 62.8 Å². The normalized spacial score (nSPS) is 15.3. The minimum Gasteiger partial charge on any atom is -0.341 e. The van der Waals surface area contributed by atoms with E-state index in [1.165, 1.54) is 27.8 Å². The fourth-order valence-electron chi connectivity index (χ4n) is 3.55. The Morgan fingerprint density at radius 2 is 2.03 bits per heavy atom. The summed E-state index contributed by atoms with van der Waals surface area (Å²) in [6, 6.07) is 12.8. The quantitative estimate of drug-likeness (QED) is 0.568. The van der Waals surface area contributed by atoms with E-state index in [4.69, 9.17) is 0 Å². The van der Waals surface area contributed by atoms with Crippen LogP contribution in [0.2, 0.25) is 0 Å². The first kappa shape index (κ1) is 21.1. The molecule has 1 saturated heterocycles. The number of thiophene rings is 1. The third-order valence-electron chi connectivity index (χ3n) is 5.23. The molecule has 0 atom stereocenters. The highest BCUT2D eigenvalue weighted by molar-refractivity contribution is 7.99. The Bertz CT molecular complexity index is 939. The van der Waals surface area contributed by atoms with Gasteiger partial charge in [-0.1, -0.05) is 47.7 Å². The van der Waals surface area contributed by atoms with Crippen LogP contribution >= 0.6 is 23.1 Å². The molecule has 0 saturated carbocycles. The number of aromatic amines is 1. The molecule has 1 N–H and O–H groups in total. The van der Waals surface area contributed by atoms with Crippen molar-refractivity contribution < 1.29 is 4.79 Å². The number of nitrogens with one attached hydrogen (secondary N) is 1. The van der Waals surface area contributed by atoms with Crippen molar-refractivity contribution in [2.24, 2.45) is 0 Å². The number of thioether (sulfide) groups is 1. The lowest BCUT2D eigenvalue weighted by Gasteiger charge is -2.22. The predicted molar refractivity (Wildman–Crippen MR) is 122 cm³/mol.